The molecule has 0 aliphatic carbocycles. The van der Waals surface area contributed by atoms with Crippen LogP contribution in [0.1, 0.15) is 5.56 Å². The maximum absolute atomic E-state index is 8.34. The molecule has 1 aromatic carbocycles. The summed E-state index contributed by atoms with van der Waals surface area (Å²) in [4.78, 5) is 3.02. The molecule has 0 amide bonds. The molecule has 0 saturated carbocycles. The number of rotatable bonds is 0. The number of benzene rings is 1. The fraction of sp³-hybridized carbons (Fsp3) is 0.143. The molecular weight excluding hydrogens is 126 g/mol. The predicted octanol–water partition coefficient (Wildman–Crippen LogP) is 2.06. The summed E-state index contributed by atoms with van der Waals surface area (Å²) >= 11 is 0. The van der Waals surface area contributed by atoms with Crippen molar-refractivity contribution in [1.82, 2.24) is 0 Å². The molecule has 0 aromatic heterocycles. The largest absolute Gasteiger partial charge is 0.399 e. The van der Waals surface area contributed by atoms with Crippen molar-refractivity contribution >= 4 is 11.4 Å². The molecule has 0 spiro atoms. The van der Waals surface area contributed by atoms with E-state index in [-0.39, 0.29) is 0 Å². The third kappa shape index (κ3) is 1.06. The number of aryl methyl sites for hydroxylation is 1. The summed E-state index contributed by atoms with van der Waals surface area (Å²) < 4.78 is 0. The van der Waals surface area contributed by atoms with Crippen LogP contribution in [0.5, 0.6) is 0 Å². The molecule has 0 fully saturated rings. The minimum Gasteiger partial charge on any atom is -0.399 e. The number of diazo groups is 1. The summed E-state index contributed by atoms with van der Waals surface area (Å²) in [5.41, 5.74) is 7.70. The van der Waals surface area contributed by atoms with E-state index < -0.39 is 0 Å². The summed E-state index contributed by atoms with van der Waals surface area (Å²) in [5, 5.41) is 8.34. The van der Waals surface area contributed by atoms with Gasteiger partial charge in [0.2, 0.25) is 5.39 Å². The first kappa shape index (κ1) is 6.56. The molecule has 1 aromatic rings. The summed E-state index contributed by atoms with van der Waals surface area (Å²) in [5.74, 6) is 0. The first-order valence-electron chi connectivity index (χ1n) is 2.95. The van der Waals surface area contributed by atoms with Crippen molar-refractivity contribution in [2.45, 2.75) is 6.92 Å². The molecule has 0 aliphatic heterocycles. The van der Waals surface area contributed by atoms with Crippen LogP contribution in [-0.4, -0.2) is 0 Å². The van der Waals surface area contributed by atoms with Gasteiger partial charge in [0.25, 0.3) is 0 Å². The number of hydrogen-bond donors (Lipinski definition) is 1. The number of nitrogens with zero attached hydrogens (tertiary/aromatic N) is 2. The van der Waals surface area contributed by atoms with E-state index >= 15 is 0 Å². The second-order valence-corrected chi connectivity index (χ2v) is 2.14. The molecule has 10 heavy (non-hydrogen) atoms. The third-order valence-corrected chi connectivity index (χ3v) is 1.37. The van der Waals surface area contributed by atoms with Crippen molar-refractivity contribution in [1.29, 1.82) is 5.39 Å². The molecule has 3 nitrogen and oxygen atoms in total. The van der Waals surface area contributed by atoms with Crippen molar-refractivity contribution in [3.05, 3.63) is 28.7 Å². The Kier molecular flexibility index (Phi) is 1.55. The highest BCUT2D eigenvalue weighted by atomic mass is 14.8. The lowest BCUT2D eigenvalue weighted by molar-refractivity contribution is 1.43. The van der Waals surface area contributed by atoms with Crippen LogP contribution in [0, 0.1) is 12.3 Å². The standard InChI is InChI=1S/C7H8N3/c1-5-4-6(10-9)2-3-7(5)8/h2-4H,8H2,1H3/q+1. The van der Waals surface area contributed by atoms with Gasteiger partial charge in [-0.25, -0.2) is 0 Å². The molecular formula is C7H8N3+. The Morgan fingerprint density at radius 1 is 1.50 bits per heavy atom. The fourth-order valence-electron chi connectivity index (χ4n) is 0.722. The number of anilines is 1. The first-order chi connectivity index (χ1) is 4.74. The van der Waals surface area contributed by atoms with Crippen LogP contribution in [0.25, 0.3) is 4.98 Å². The van der Waals surface area contributed by atoms with Gasteiger partial charge in [-0.05, 0) is 18.6 Å². The smallest absolute Gasteiger partial charge is 0.385 e. The normalized spacial score (nSPS) is 8.80. The van der Waals surface area contributed by atoms with Crippen LogP contribution >= 0.6 is 0 Å². The summed E-state index contributed by atoms with van der Waals surface area (Å²) in [6.07, 6.45) is 0. The molecule has 0 radical (unpaired) electrons. The Balaban J connectivity index is 3.20. The highest BCUT2D eigenvalue weighted by molar-refractivity contribution is 5.56. The molecule has 0 unspecified atom stereocenters. The van der Waals surface area contributed by atoms with Crippen molar-refractivity contribution in [2.24, 2.45) is 0 Å². The predicted molar refractivity (Wildman–Crippen MR) is 40.3 cm³/mol. The van der Waals surface area contributed by atoms with E-state index in [9.17, 15) is 0 Å². The van der Waals surface area contributed by atoms with E-state index in [1.807, 2.05) is 6.92 Å². The summed E-state index contributed by atoms with van der Waals surface area (Å²) in [6, 6.07) is 5.09. The van der Waals surface area contributed by atoms with Crippen LogP contribution in [-0.2, 0) is 0 Å². The Hall–Kier alpha value is -1.56. The van der Waals surface area contributed by atoms with E-state index in [2.05, 4.69) is 4.98 Å². The Bertz CT molecular complexity index is 285. The zero-order valence-corrected chi connectivity index (χ0v) is 5.70. The minimum absolute atomic E-state index is 0.534. The van der Waals surface area contributed by atoms with Gasteiger partial charge in [0, 0.05) is 17.8 Å². The lowest BCUT2D eigenvalue weighted by atomic mass is 10.2. The number of nitrogens with two attached hydrogens (primary N) is 1. The van der Waals surface area contributed by atoms with Crippen LogP contribution in [0.15, 0.2) is 18.2 Å². The lowest BCUT2D eigenvalue weighted by Gasteiger charge is -1.92. The molecule has 50 valence electrons. The molecule has 2 N–H and O–H groups in total. The van der Waals surface area contributed by atoms with Gasteiger partial charge >= 0.3 is 5.69 Å². The number of hydrogen-bond acceptors (Lipinski definition) is 2. The van der Waals surface area contributed by atoms with E-state index in [0.29, 0.717) is 11.4 Å². The van der Waals surface area contributed by atoms with E-state index in [1.54, 1.807) is 18.2 Å². The molecule has 0 heterocycles. The van der Waals surface area contributed by atoms with Gasteiger partial charge in [-0.1, -0.05) is 0 Å². The van der Waals surface area contributed by atoms with Crippen LogP contribution < -0.4 is 5.73 Å². The van der Waals surface area contributed by atoms with Gasteiger partial charge in [-0.15, -0.1) is 0 Å². The second-order valence-electron chi connectivity index (χ2n) is 2.14. The topological polar surface area (TPSA) is 54.2 Å². The Morgan fingerprint density at radius 2 is 2.20 bits per heavy atom. The van der Waals surface area contributed by atoms with E-state index in [1.165, 1.54) is 0 Å². The molecule has 0 aliphatic rings. The highest BCUT2D eigenvalue weighted by Gasteiger charge is 2.03. The Morgan fingerprint density at radius 3 is 2.70 bits per heavy atom. The van der Waals surface area contributed by atoms with Gasteiger partial charge < -0.3 is 5.73 Å². The van der Waals surface area contributed by atoms with Crippen LogP contribution in [0.4, 0.5) is 11.4 Å². The monoisotopic (exact) mass is 134 g/mol. The molecule has 0 bridgehead atoms. The van der Waals surface area contributed by atoms with Crippen molar-refractivity contribution in [3.63, 3.8) is 0 Å². The van der Waals surface area contributed by atoms with Gasteiger partial charge in [0.05, 0.1) is 0 Å². The fourth-order valence-corrected chi connectivity index (χ4v) is 0.722. The quantitative estimate of drug-likeness (QED) is 0.436. The SMILES string of the molecule is Cc1cc([N+]#N)ccc1N. The highest BCUT2D eigenvalue weighted by Crippen LogP contribution is 2.18. The van der Waals surface area contributed by atoms with Gasteiger partial charge in [-0.2, -0.15) is 0 Å². The van der Waals surface area contributed by atoms with E-state index in [0.717, 1.165) is 5.56 Å². The third-order valence-electron chi connectivity index (χ3n) is 1.37. The van der Waals surface area contributed by atoms with Crippen LogP contribution in [0.2, 0.25) is 0 Å². The summed E-state index contributed by atoms with van der Waals surface area (Å²) in [6.45, 7) is 1.87. The Labute approximate surface area is 59.1 Å². The molecule has 0 atom stereocenters. The van der Waals surface area contributed by atoms with Gasteiger partial charge in [0.1, 0.15) is 0 Å². The maximum Gasteiger partial charge on any atom is 0.385 e. The van der Waals surface area contributed by atoms with E-state index in [4.69, 9.17) is 11.1 Å². The average Bonchev–Trinajstić information content (AvgIpc) is 1.95. The number of nitrogen functional groups attached to an aromatic ring is 1. The minimum atomic E-state index is 0.534. The average molecular weight is 134 g/mol. The molecule has 0 saturated heterocycles. The zero-order chi connectivity index (χ0) is 7.56. The van der Waals surface area contributed by atoms with Crippen LogP contribution in [0.3, 0.4) is 0 Å². The van der Waals surface area contributed by atoms with Crippen molar-refractivity contribution < 1.29 is 0 Å². The maximum atomic E-state index is 8.34. The zero-order valence-electron chi connectivity index (χ0n) is 5.70. The molecule has 1 rings (SSSR count). The summed E-state index contributed by atoms with van der Waals surface area (Å²) in [7, 11) is 0. The van der Waals surface area contributed by atoms with Crippen molar-refractivity contribution in [2.75, 3.05) is 5.73 Å². The second kappa shape index (κ2) is 2.36. The first-order valence-corrected chi connectivity index (χ1v) is 2.95. The van der Waals surface area contributed by atoms with Gasteiger partial charge in [0.15, 0.2) is 4.98 Å². The lowest BCUT2D eigenvalue weighted by Crippen LogP contribution is -1.86. The van der Waals surface area contributed by atoms with Crippen molar-refractivity contribution in [3.8, 4) is 0 Å². The molecule has 3 heteroatoms. The van der Waals surface area contributed by atoms with Gasteiger partial charge in [-0.3, -0.25) is 0 Å².